The second-order valence-corrected chi connectivity index (χ2v) is 5.21. The van der Waals surface area contributed by atoms with Gasteiger partial charge in [0.1, 0.15) is 5.78 Å². The Kier molecular flexibility index (Phi) is 2.43. The highest BCUT2D eigenvalue weighted by Gasteiger charge is 2.65. The summed E-state index contributed by atoms with van der Waals surface area (Å²) >= 11 is 0. The molecule has 2 aliphatic rings. The van der Waals surface area contributed by atoms with Gasteiger partial charge >= 0.3 is 0 Å². The van der Waals surface area contributed by atoms with Crippen LogP contribution >= 0.6 is 0 Å². The van der Waals surface area contributed by atoms with Gasteiger partial charge in [0, 0.05) is 11.8 Å². The molecular weight excluding hydrogens is 202 g/mol. The summed E-state index contributed by atoms with van der Waals surface area (Å²) in [4.78, 5) is 12.2. The smallest absolute Gasteiger partial charge is 0.147 e. The molecule has 0 aliphatic heterocycles. The molecule has 0 aromatic carbocycles. The van der Waals surface area contributed by atoms with Crippen molar-refractivity contribution in [1.29, 1.82) is 5.26 Å². The third kappa shape index (κ3) is 1.03. The van der Waals surface area contributed by atoms with Gasteiger partial charge in [-0.1, -0.05) is 19.4 Å². The number of ketones is 1. The second kappa shape index (κ2) is 3.43. The van der Waals surface area contributed by atoms with Gasteiger partial charge in [0.05, 0.1) is 23.5 Å². The Balaban J connectivity index is 2.58. The number of fused-ring (bicyclic) bond motifs is 1. The van der Waals surface area contributed by atoms with Crippen LogP contribution in [0.2, 0.25) is 0 Å². The molecule has 4 atom stereocenters. The molecule has 0 radical (unpaired) electrons. The molecule has 1 N–H and O–H groups in total. The minimum absolute atomic E-state index is 0.0104. The maximum Gasteiger partial charge on any atom is 0.147 e. The van der Waals surface area contributed by atoms with Crippen molar-refractivity contribution in [3.63, 3.8) is 0 Å². The summed E-state index contributed by atoms with van der Waals surface area (Å²) in [7, 11) is 0. The van der Waals surface area contributed by atoms with E-state index >= 15 is 0 Å². The number of carbonyl (C=O) groups is 1. The van der Waals surface area contributed by atoms with Crippen molar-refractivity contribution in [3.05, 3.63) is 12.7 Å². The number of Topliss-reactive ketones (excluding diaryl/α,β-unsaturated/α-hetero) is 1. The van der Waals surface area contributed by atoms with Gasteiger partial charge in [-0.2, -0.15) is 5.26 Å². The van der Waals surface area contributed by atoms with Crippen LogP contribution in [0.1, 0.15) is 32.6 Å². The summed E-state index contributed by atoms with van der Waals surface area (Å²) in [6, 6.07) is 2.23. The first-order valence-corrected chi connectivity index (χ1v) is 5.77. The number of nitrogens with zero attached hydrogens (tertiary/aromatic N) is 1. The molecule has 2 aliphatic carbocycles. The molecule has 2 fully saturated rings. The number of hydrogen-bond acceptors (Lipinski definition) is 3. The van der Waals surface area contributed by atoms with Gasteiger partial charge in [-0.25, -0.2) is 0 Å². The Bertz CT molecular complexity index is 384. The SMILES string of the molecule is C=C[C@]12C(=O)C[C@@H](C#N)[C@]1(C)CCC[C@H]2O. The molecule has 0 bridgehead atoms. The highest BCUT2D eigenvalue weighted by molar-refractivity contribution is 5.91. The van der Waals surface area contributed by atoms with Crippen LogP contribution in [-0.4, -0.2) is 17.0 Å². The van der Waals surface area contributed by atoms with Crippen LogP contribution in [0.25, 0.3) is 0 Å². The zero-order valence-corrected chi connectivity index (χ0v) is 9.57. The number of carbonyl (C=O) groups excluding carboxylic acids is 1. The third-order valence-corrected chi connectivity index (χ3v) is 4.74. The first-order chi connectivity index (χ1) is 7.53. The molecule has 2 saturated carbocycles. The zero-order chi connectivity index (χ0) is 12.0. The van der Waals surface area contributed by atoms with Crippen molar-refractivity contribution in [2.24, 2.45) is 16.7 Å². The van der Waals surface area contributed by atoms with Crippen molar-refractivity contribution in [2.45, 2.75) is 38.7 Å². The van der Waals surface area contributed by atoms with Crippen LogP contribution in [0.15, 0.2) is 12.7 Å². The van der Waals surface area contributed by atoms with Gasteiger partial charge < -0.3 is 5.11 Å². The van der Waals surface area contributed by atoms with E-state index in [0.717, 1.165) is 12.8 Å². The number of aliphatic hydroxyl groups is 1. The molecule has 3 heteroatoms. The van der Waals surface area contributed by atoms with Gasteiger partial charge in [-0.3, -0.25) is 4.79 Å². The highest BCUT2D eigenvalue weighted by atomic mass is 16.3. The fourth-order valence-electron chi connectivity index (χ4n) is 3.70. The zero-order valence-electron chi connectivity index (χ0n) is 9.57. The Morgan fingerprint density at radius 2 is 2.38 bits per heavy atom. The number of rotatable bonds is 1. The van der Waals surface area contributed by atoms with E-state index in [1.807, 2.05) is 6.92 Å². The van der Waals surface area contributed by atoms with E-state index in [2.05, 4.69) is 12.6 Å². The largest absolute Gasteiger partial charge is 0.392 e. The average molecular weight is 219 g/mol. The summed E-state index contributed by atoms with van der Waals surface area (Å²) in [6.45, 7) is 5.70. The summed E-state index contributed by atoms with van der Waals surface area (Å²) in [5.74, 6) is -0.295. The topological polar surface area (TPSA) is 61.1 Å². The number of hydrogen-bond donors (Lipinski definition) is 1. The van der Waals surface area contributed by atoms with Gasteiger partial charge in [-0.15, -0.1) is 6.58 Å². The highest BCUT2D eigenvalue weighted by Crippen LogP contribution is 2.62. The van der Waals surface area contributed by atoms with Crippen LogP contribution in [0, 0.1) is 28.1 Å². The quantitative estimate of drug-likeness (QED) is 0.684. The predicted molar refractivity (Wildman–Crippen MR) is 59.3 cm³/mol. The van der Waals surface area contributed by atoms with E-state index in [4.69, 9.17) is 5.26 Å². The minimum Gasteiger partial charge on any atom is -0.392 e. The van der Waals surface area contributed by atoms with Gasteiger partial charge in [0.15, 0.2) is 0 Å². The predicted octanol–water partition coefficient (Wildman–Crippen LogP) is 1.82. The molecule has 2 rings (SSSR count). The summed E-state index contributed by atoms with van der Waals surface area (Å²) in [6.07, 6.45) is 3.51. The molecule has 3 nitrogen and oxygen atoms in total. The monoisotopic (exact) mass is 219 g/mol. The lowest BCUT2D eigenvalue weighted by molar-refractivity contribution is -0.138. The minimum atomic E-state index is -0.883. The van der Waals surface area contributed by atoms with Gasteiger partial charge in [-0.05, 0) is 12.8 Å². The third-order valence-electron chi connectivity index (χ3n) is 4.74. The van der Waals surface area contributed by atoms with Crippen LogP contribution in [-0.2, 0) is 4.79 Å². The summed E-state index contributed by atoms with van der Waals surface area (Å²) in [5.41, 5.74) is -1.32. The molecule has 0 aromatic rings. The van der Waals surface area contributed by atoms with Crippen molar-refractivity contribution < 1.29 is 9.90 Å². The number of aliphatic hydroxyl groups excluding tert-OH is 1. The maximum atomic E-state index is 12.2. The molecular formula is C13H17NO2. The first kappa shape index (κ1) is 11.3. The molecule has 0 amide bonds. The van der Waals surface area contributed by atoms with E-state index in [0.29, 0.717) is 6.42 Å². The van der Waals surface area contributed by atoms with E-state index in [-0.39, 0.29) is 18.1 Å². The van der Waals surface area contributed by atoms with Crippen molar-refractivity contribution in [3.8, 4) is 6.07 Å². The van der Waals surface area contributed by atoms with E-state index in [9.17, 15) is 9.90 Å². The van der Waals surface area contributed by atoms with Crippen LogP contribution in [0.4, 0.5) is 0 Å². The molecule has 0 spiro atoms. The Hall–Kier alpha value is -1.14. The lowest BCUT2D eigenvalue weighted by Gasteiger charge is -2.48. The normalized spacial score (nSPS) is 47.2. The average Bonchev–Trinajstić information content (AvgIpc) is 2.48. The first-order valence-electron chi connectivity index (χ1n) is 5.77. The van der Waals surface area contributed by atoms with E-state index in [1.54, 1.807) is 6.08 Å². The van der Waals surface area contributed by atoms with Gasteiger partial charge in [0.25, 0.3) is 0 Å². The van der Waals surface area contributed by atoms with Gasteiger partial charge in [0.2, 0.25) is 0 Å². The molecule has 16 heavy (non-hydrogen) atoms. The lowest BCUT2D eigenvalue weighted by atomic mass is 9.55. The van der Waals surface area contributed by atoms with E-state index < -0.39 is 16.9 Å². The van der Waals surface area contributed by atoms with Crippen LogP contribution in [0.3, 0.4) is 0 Å². The maximum absolute atomic E-state index is 12.2. The van der Waals surface area contributed by atoms with Crippen LogP contribution < -0.4 is 0 Å². The van der Waals surface area contributed by atoms with Crippen molar-refractivity contribution in [1.82, 2.24) is 0 Å². The van der Waals surface area contributed by atoms with E-state index in [1.165, 1.54) is 0 Å². The molecule has 0 aromatic heterocycles. The number of nitriles is 1. The Morgan fingerprint density at radius 3 is 2.94 bits per heavy atom. The Morgan fingerprint density at radius 1 is 1.69 bits per heavy atom. The second-order valence-electron chi connectivity index (χ2n) is 5.21. The molecule has 0 saturated heterocycles. The Labute approximate surface area is 95.8 Å². The summed E-state index contributed by atoms with van der Waals surface area (Å²) in [5, 5.41) is 19.3. The fourth-order valence-corrected chi connectivity index (χ4v) is 3.70. The van der Waals surface area contributed by atoms with Crippen molar-refractivity contribution >= 4 is 5.78 Å². The molecule has 86 valence electrons. The standard InChI is InChI=1S/C13H17NO2/c1-3-13-10(15)5-4-6-12(13,2)9(8-14)7-11(13)16/h3,9-10,15H,1,4-7H2,2H3/t9-,10+,12-,13-/m0/s1. The van der Waals surface area contributed by atoms with Crippen molar-refractivity contribution in [2.75, 3.05) is 0 Å². The summed E-state index contributed by atoms with van der Waals surface area (Å²) < 4.78 is 0. The molecule has 0 unspecified atom stereocenters. The van der Waals surface area contributed by atoms with Crippen LogP contribution in [0.5, 0.6) is 0 Å². The molecule has 0 heterocycles. The fraction of sp³-hybridized carbons (Fsp3) is 0.692. The lowest BCUT2D eigenvalue weighted by Crippen LogP contribution is -2.52.